The van der Waals surface area contributed by atoms with Gasteiger partial charge in [0.2, 0.25) is 5.91 Å². The number of halogens is 3. The molecule has 5 nitrogen and oxygen atoms in total. The highest BCUT2D eigenvalue weighted by molar-refractivity contribution is 6.03. The van der Waals surface area contributed by atoms with Crippen LogP contribution in [0.2, 0.25) is 0 Å². The number of carbonyl (C=O) groups excluding carboxylic acids is 3. The molecule has 8 heteroatoms. The molecule has 2 amide bonds. The van der Waals surface area contributed by atoms with E-state index in [2.05, 4.69) is 10.6 Å². The maximum absolute atomic E-state index is 13.0. The summed E-state index contributed by atoms with van der Waals surface area (Å²) in [5.41, 5.74) is 1.53. The van der Waals surface area contributed by atoms with Crippen LogP contribution >= 0.6 is 0 Å². The number of hydrogen-bond donors (Lipinski definition) is 2. The van der Waals surface area contributed by atoms with Gasteiger partial charge < -0.3 is 10.6 Å². The van der Waals surface area contributed by atoms with Crippen LogP contribution in [0.4, 0.5) is 18.9 Å². The van der Waals surface area contributed by atoms with Crippen molar-refractivity contribution in [3.8, 4) is 0 Å². The fourth-order valence-electron chi connectivity index (χ4n) is 3.14. The van der Waals surface area contributed by atoms with E-state index in [1.807, 2.05) is 13.0 Å². The Morgan fingerprint density at radius 3 is 2.15 bits per heavy atom. The number of alkyl halides is 3. The summed E-state index contributed by atoms with van der Waals surface area (Å²) in [6.07, 6.45) is -4.87. The zero-order chi connectivity index (χ0) is 24.0. The van der Waals surface area contributed by atoms with Crippen LogP contribution in [0.15, 0.2) is 78.9 Å². The molecule has 0 saturated heterocycles. The number of Topliss-reactive ketones (excluding diaryl/α,β-unsaturated/α-hetero) is 1. The van der Waals surface area contributed by atoms with E-state index in [9.17, 15) is 27.6 Å². The van der Waals surface area contributed by atoms with E-state index < -0.39 is 35.4 Å². The van der Waals surface area contributed by atoms with Gasteiger partial charge in [0, 0.05) is 23.2 Å². The Bertz CT molecular complexity index is 1140. The number of rotatable bonds is 7. The normalized spacial score (nSPS) is 12.0. The summed E-state index contributed by atoms with van der Waals surface area (Å²) >= 11 is 0. The molecule has 33 heavy (non-hydrogen) atoms. The molecule has 1 unspecified atom stereocenters. The van der Waals surface area contributed by atoms with Crippen LogP contribution in [0, 0.1) is 6.92 Å². The molecular weight excluding hydrogens is 433 g/mol. The second kappa shape index (κ2) is 10.1. The molecule has 3 rings (SSSR count). The number of carbonyl (C=O) groups is 3. The van der Waals surface area contributed by atoms with E-state index >= 15 is 0 Å². The molecule has 0 heterocycles. The third-order valence-corrected chi connectivity index (χ3v) is 4.87. The first-order valence-electron chi connectivity index (χ1n) is 10.1. The van der Waals surface area contributed by atoms with Crippen LogP contribution in [0.25, 0.3) is 0 Å². The van der Waals surface area contributed by atoms with Crippen molar-refractivity contribution in [1.82, 2.24) is 5.32 Å². The molecule has 170 valence electrons. The van der Waals surface area contributed by atoms with Gasteiger partial charge in [-0.05, 0) is 36.8 Å². The maximum Gasteiger partial charge on any atom is 0.454 e. The Kier molecular flexibility index (Phi) is 7.27. The number of amides is 2. The van der Waals surface area contributed by atoms with E-state index in [1.54, 1.807) is 48.5 Å². The summed E-state index contributed by atoms with van der Waals surface area (Å²) in [5.74, 6) is -3.10. The van der Waals surface area contributed by atoms with Crippen LogP contribution in [0.3, 0.4) is 0 Å². The van der Waals surface area contributed by atoms with E-state index in [0.717, 1.165) is 23.3 Å². The van der Waals surface area contributed by atoms with E-state index in [0.29, 0.717) is 5.56 Å². The van der Waals surface area contributed by atoms with Gasteiger partial charge in [-0.1, -0.05) is 60.2 Å². The monoisotopic (exact) mass is 454 g/mol. The van der Waals surface area contributed by atoms with E-state index in [1.165, 1.54) is 12.1 Å². The SMILES string of the molecule is Cc1ccc(C(=O)NC(Cc2ccccc2)C(=O)Nc2cccc(C(=O)C(F)(F)F)c2)cc1. The molecule has 0 aliphatic heterocycles. The second-order valence-corrected chi connectivity index (χ2v) is 7.48. The number of ketones is 1. The van der Waals surface area contributed by atoms with Gasteiger partial charge in [0.05, 0.1) is 0 Å². The highest BCUT2D eigenvalue weighted by atomic mass is 19.4. The van der Waals surface area contributed by atoms with Gasteiger partial charge in [-0.25, -0.2) is 0 Å². The van der Waals surface area contributed by atoms with Gasteiger partial charge in [-0.2, -0.15) is 13.2 Å². The van der Waals surface area contributed by atoms with Crippen molar-refractivity contribution >= 4 is 23.3 Å². The van der Waals surface area contributed by atoms with Gasteiger partial charge in [0.15, 0.2) is 0 Å². The fraction of sp³-hybridized carbons (Fsp3) is 0.160. The Morgan fingerprint density at radius 2 is 1.52 bits per heavy atom. The summed E-state index contributed by atoms with van der Waals surface area (Å²) in [7, 11) is 0. The lowest BCUT2D eigenvalue weighted by Gasteiger charge is -2.19. The minimum atomic E-state index is -5.03. The van der Waals surface area contributed by atoms with Crippen LogP contribution in [0.5, 0.6) is 0 Å². The standard InChI is InChI=1S/C25H21F3N2O3/c1-16-10-12-18(13-11-16)23(32)30-21(14-17-6-3-2-4-7-17)24(33)29-20-9-5-8-19(15-20)22(31)25(26,27)28/h2-13,15,21H,14H2,1H3,(H,29,33)(H,30,32). The molecule has 3 aromatic rings. The molecule has 0 bridgehead atoms. The van der Waals surface area contributed by atoms with E-state index in [-0.39, 0.29) is 12.1 Å². The number of benzene rings is 3. The average Bonchev–Trinajstić information content (AvgIpc) is 2.78. The van der Waals surface area contributed by atoms with Crippen molar-refractivity contribution in [2.45, 2.75) is 25.6 Å². The highest BCUT2D eigenvalue weighted by Crippen LogP contribution is 2.23. The van der Waals surface area contributed by atoms with Crippen LogP contribution < -0.4 is 10.6 Å². The maximum atomic E-state index is 13.0. The highest BCUT2D eigenvalue weighted by Gasteiger charge is 2.39. The zero-order valence-corrected chi connectivity index (χ0v) is 17.6. The van der Waals surface area contributed by atoms with Crippen molar-refractivity contribution in [1.29, 1.82) is 0 Å². The van der Waals surface area contributed by atoms with Gasteiger partial charge in [-0.3, -0.25) is 14.4 Å². The summed E-state index contributed by atoms with van der Waals surface area (Å²) in [6, 6.07) is 19.4. The van der Waals surface area contributed by atoms with Gasteiger partial charge in [-0.15, -0.1) is 0 Å². The first-order chi connectivity index (χ1) is 15.6. The number of anilines is 1. The summed E-state index contributed by atoms with van der Waals surface area (Å²) in [6.45, 7) is 1.88. The smallest absolute Gasteiger partial charge is 0.340 e. The van der Waals surface area contributed by atoms with Crippen LogP contribution in [-0.4, -0.2) is 29.8 Å². The fourth-order valence-corrected chi connectivity index (χ4v) is 3.14. The van der Waals surface area contributed by atoms with Gasteiger partial charge in [0.25, 0.3) is 11.7 Å². The van der Waals surface area contributed by atoms with Crippen molar-refractivity contribution in [3.05, 3.63) is 101 Å². The minimum Gasteiger partial charge on any atom is -0.340 e. The van der Waals surface area contributed by atoms with Crippen LogP contribution in [-0.2, 0) is 11.2 Å². The molecule has 0 aliphatic carbocycles. The second-order valence-electron chi connectivity index (χ2n) is 7.48. The van der Waals surface area contributed by atoms with Crippen molar-refractivity contribution in [2.24, 2.45) is 0 Å². The number of nitrogens with one attached hydrogen (secondary N) is 2. The number of hydrogen-bond acceptors (Lipinski definition) is 3. The third kappa shape index (κ3) is 6.52. The Hall–Kier alpha value is -3.94. The van der Waals surface area contributed by atoms with Gasteiger partial charge in [0.1, 0.15) is 6.04 Å². The molecule has 0 aliphatic rings. The topological polar surface area (TPSA) is 75.3 Å². The molecule has 0 saturated carbocycles. The van der Waals surface area contributed by atoms with E-state index in [4.69, 9.17) is 0 Å². The van der Waals surface area contributed by atoms with Crippen molar-refractivity contribution in [3.63, 3.8) is 0 Å². The summed E-state index contributed by atoms with van der Waals surface area (Å²) < 4.78 is 38.2. The zero-order valence-electron chi connectivity index (χ0n) is 17.6. The number of aryl methyl sites for hydroxylation is 1. The molecule has 1 atom stereocenters. The van der Waals surface area contributed by atoms with Gasteiger partial charge >= 0.3 is 6.18 Å². The van der Waals surface area contributed by atoms with Crippen molar-refractivity contribution in [2.75, 3.05) is 5.32 Å². The first kappa shape index (κ1) is 23.7. The molecule has 2 N–H and O–H groups in total. The lowest BCUT2D eigenvalue weighted by Crippen LogP contribution is -2.45. The predicted octanol–water partition coefficient (Wildman–Crippen LogP) is 4.72. The molecule has 0 fully saturated rings. The molecule has 0 spiro atoms. The Morgan fingerprint density at radius 1 is 0.848 bits per heavy atom. The average molecular weight is 454 g/mol. The molecule has 0 aromatic heterocycles. The molecular formula is C25H21F3N2O3. The van der Waals surface area contributed by atoms with Crippen LogP contribution in [0.1, 0.15) is 31.8 Å². The largest absolute Gasteiger partial charge is 0.454 e. The Labute approximate surface area is 188 Å². The quantitative estimate of drug-likeness (QED) is 0.508. The Balaban J connectivity index is 1.81. The predicted molar refractivity (Wildman–Crippen MR) is 118 cm³/mol. The lowest BCUT2D eigenvalue weighted by molar-refractivity contribution is -0.118. The first-order valence-corrected chi connectivity index (χ1v) is 10.1. The minimum absolute atomic E-state index is 0.0118. The summed E-state index contributed by atoms with van der Waals surface area (Å²) in [5, 5.41) is 5.19. The lowest BCUT2D eigenvalue weighted by atomic mass is 10.0. The third-order valence-electron chi connectivity index (χ3n) is 4.87. The summed E-state index contributed by atoms with van der Waals surface area (Å²) in [4.78, 5) is 37.2. The molecule has 3 aromatic carbocycles. The molecule has 0 radical (unpaired) electrons. The van der Waals surface area contributed by atoms with Crippen molar-refractivity contribution < 1.29 is 27.6 Å².